The number of aromatic amines is 1. The maximum Gasteiger partial charge on any atom is 0.253 e. The summed E-state index contributed by atoms with van der Waals surface area (Å²) in [5, 5.41) is 6.40. The van der Waals surface area contributed by atoms with Crippen LogP contribution in [-0.4, -0.2) is 32.9 Å². The number of ether oxygens (including phenoxy) is 2. The zero-order valence-corrected chi connectivity index (χ0v) is 13.1. The number of imidazole rings is 1. The minimum Gasteiger partial charge on any atom is -0.454 e. The van der Waals surface area contributed by atoms with Crippen molar-refractivity contribution < 1.29 is 13.9 Å². The van der Waals surface area contributed by atoms with Crippen molar-refractivity contribution in [3.8, 4) is 11.5 Å². The molecule has 126 valence electrons. The first-order chi connectivity index (χ1) is 12.3. The monoisotopic (exact) mass is 339 g/mol. The Kier molecular flexibility index (Phi) is 3.03. The Bertz CT molecular complexity index is 1070. The minimum atomic E-state index is -0.225. The molecule has 0 radical (unpaired) electrons. The Hall–Kier alpha value is -3.29. The van der Waals surface area contributed by atoms with Gasteiger partial charge in [-0.3, -0.25) is 5.10 Å². The number of fused-ring (bicyclic) bond motifs is 4. The number of rotatable bonds is 4. The molecule has 0 atom stereocenters. The normalized spacial score (nSPS) is 13.0. The van der Waals surface area contributed by atoms with Crippen LogP contribution in [-0.2, 0) is 6.42 Å². The van der Waals surface area contributed by atoms with E-state index in [-0.39, 0.29) is 12.6 Å². The molecule has 8 heteroatoms. The first-order valence-electron chi connectivity index (χ1n) is 7.92. The molecule has 0 saturated carbocycles. The summed E-state index contributed by atoms with van der Waals surface area (Å²) in [5.74, 6) is 2.38. The Morgan fingerprint density at radius 3 is 2.76 bits per heavy atom. The molecule has 1 aliphatic rings. The van der Waals surface area contributed by atoms with E-state index in [2.05, 4.69) is 20.4 Å². The number of H-pyrrole nitrogens is 1. The lowest BCUT2D eigenvalue weighted by Crippen LogP contribution is -2.06. The standard InChI is InChI=1S/C17H14FN5O2/c18-11-3-1-10(2-4-11)5-6-19-16-21-17-20-12-7-14-15(25-9-24-14)8-13(12)23(17)22-16/h1-4,7-8H,5-6,9H2,(H2,19,20,21,22). The Morgan fingerprint density at radius 2 is 1.92 bits per heavy atom. The van der Waals surface area contributed by atoms with Crippen molar-refractivity contribution in [3.05, 3.63) is 47.8 Å². The summed E-state index contributed by atoms with van der Waals surface area (Å²) in [5.41, 5.74) is 2.72. The van der Waals surface area contributed by atoms with Gasteiger partial charge in [-0.1, -0.05) is 12.1 Å². The van der Waals surface area contributed by atoms with Crippen molar-refractivity contribution >= 4 is 22.8 Å². The molecule has 0 unspecified atom stereocenters. The predicted molar refractivity (Wildman–Crippen MR) is 89.6 cm³/mol. The number of anilines is 1. The van der Waals surface area contributed by atoms with Gasteiger partial charge in [0.05, 0.1) is 11.0 Å². The minimum absolute atomic E-state index is 0.225. The molecule has 7 nitrogen and oxygen atoms in total. The van der Waals surface area contributed by atoms with Crippen LogP contribution in [0.2, 0.25) is 0 Å². The molecule has 2 aromatic carbocycles. The zero-order valence-electron chi connectivity index (χ0n) is 13.1. The number of aromatic nitrogens is 4. The maximum atomic E-state index is 12.9. The van der Waals surface area contributed by atoms with Crippen molar-refractivity contribution in [2.75, 3.05) is 18.7 Å². The van der Waals surface area contributed by atoms with Crippen LogP contribution in [0.5, 0.6) is 11.5 Å². The molecule has 2 aromatic heterocycles. The fourth-order valence-corrected chi connectivity index (χ4v) is 2.93. The largest absolute Gasteiger partial charge is 0.454 e. The van der Waals surface area contributed by atoms with Crippen molar-refractivity contribution in [1.29, 1.82) is 0 Å². The van der Waals surface area contributed by atoms with E-state index < -0.39 is 0 Å². The maximum absolute atomic E-state index is 12.9. The number of hydrogen-bond acceptors (Lipinski definition) is 5. The number of nitrogens with zero attached hydrogens (tertiary/aromatic N) is 3. The highest BCUT2D eigenvalue weighted by atomic mass is 19.1. The molecular weight excluding hydrogens is 325 g/mol. The van der Waals surface area contributed by atoms with Gasteiger partial charge in [0.25, 0.3) is 5.78 Å². The van der Waals surface area contributed by atoms with E-state index in [1.807, 2.05) is 12.1 Å². The van der Waals surface area contributed by atoms with E-state index in [1.165, 1.54) is 12.1 Å². The van der Waals surface area contributed by atoms with Crippen molar-refractivity contribution in [2.24, 2.45) is 0 Å². The average Bonchev–Trinajstić information content (AvgIpc) is 3.29. The van der Waals surface area contributed by atoms with Crippen molar-refractivity contribution in [2.45, 2.75) is 6.42 Å². The van der Waals surface area contributed by atoms with E-state index in [4.69, 9.17) is 9.47 Å². The highest BCUT2D eigenvalue weighted by Gasteiger charge is 2.18. The summed E-state index contributed by atoms with van der Waals surface area (Å²) < 4.78 is 25.5. The lowest BCUT2D eigenvalue weighted by molar-refractivity contribution is 0.174. The molecule has 2 N–H and O–H groups in total. The van der Waals surface area contributed by atoms with Gasteiger partial charge < -0.3 is 14.8 Å². The van der Waals surface area contributed by atoms with E-state index in [0.29, 0.717) is 29.8 Å². The first-order valence-corrected chi connectivity index (χ1v) is 7.92. The molecule has 1 aliphatic heterocycles. The summed E-state index contributed by atoms with van der Waals surface area (Å²) in [4.78, 5) is 8.93. The Balaban J connectivity index is 1.36. The summed E-state index contributed by atoms with van der Waals surface area (Å²) in [6.45, 7) is 0.904. The zero-order chi connectivity index (χ0) is 16.8. The van der Waals surface area contributed by atoms with Gasteiger partial charge in [0.2, 0.25) is 12.7 Å². The number of benzene rings is 2. The van der Waals surface area contributed by atoms with Crippen LogP contribution < -0.4 is 14.8 Å². The van der Waals surface area contributed by atoms with Gasteiger partial charge in [-0.05, 0) is 24.1 Å². The van der Waals surface area contributed by atoms with Crippen LogP contribution in [0.15, 0.2) is 36.4 Å². The van der Waals surface area contributed by atoms with Gasteiger partial charge in [0.15, 0.2) is 11.5 Å². The van der Waals surface area contributed by atoms with Crippen LogP contribution >= 0.6 is 0 Å². The highest BCUT2D eigenvalue weighted by Crippen LogP contribution is 2.35. The summed E-state index contributed by atoms with van der Waals surface area (Å²) >= 11 is 0. The quantitative estimate of drug-likeness (QED) is 0.598. The number of nitrogens with one attached hydrogen (secondary N) is 2. The van der Waals surface area contributed by atoms with Crippen LogP contribution in [0.3, 0.4) is 0 Å². The van der Waals surface area contributed by atoms with Crippen LogP contribution in [0.4, 0.5) is 10.3 Å². The van der Waals surface area contributed by atoms with Crippen LogP contribution in [0, 0.1) is 5.82 Å². The highest BCUT2D eigenvalue weighted by molar-refractivity contribution is 5.83. The summed E-state index contributed by atoms with van der Waals surface area (Å²) in [7, 11) is 0. The Labute approximate surface area is 141 Å². The smallest absolute Gasteiger partial charge is 0.253 e. The third-order valence-electron chi connectivity index (χ3n) is 4.18. The first kappa shape index (κ1) is 14.1. The van der Waals surface area contributed by atoms with Gasteiger partial charge >= 0.3 is 0 Å². The molecule has 0 saturated heterocycles. The number of hydrogen-bond donors (Lipinski definition) is 2. The fourth-order valence-electron chi connectivity index (χ4n) is 2.93. The van der Waals surface area contributed by atoms with E-state index in [9.17, 15) is 4.39 Å². The molecule has 25 heavy (non-hydrogen) atoms. The van der Waals surface area contributed by atoms with Crippen LogP contribution in [0.1, 0.15) is 5.56 Å². The van der Waals surface area contributed by atoms with E-state index >= 15 is 0 Å². The molecule has 0 fully saturated rings. The molecular formula is C17H14FN5O2. The molecule has 0 amide bonds. The molecule has 5 rings (SSSR count). The lowest BCUT2D eigenvalue weighted by Gasteiger charge is -2.03. The molecule has 4 aromatic rings. The van der Waals surface area contributed by atoms with Crippen molar-refractivity contribution in [3.63, 3.8) is 0 Å². The van der Waals surface area contributed by atoms with E-state index in [1.54, 1.807) is 16.6 Å². The van der Waals surface area contributed by atoms with Gasteiger partial charge in [-0.15, -0.1) is 0 Å². The van der Waals surface area contributed by atoms with Gasteiger partial charge in [0.1, 0.15) is 5.82 Å². The van der Waals surface area contributed by atoms with Gasteiger partial charge in [-0.2, -0.15) is 4.98 Å². The molecule has 0 aliphatic carbocycles. The SMILES string of the molecule is Fc1ccc(CCNc2nc3nc4cc5c(cc4n3[nH]2)OCO5)cc1. The van der Waals surface area contributed by atoms with Gasteiger partial charge in [0, 0.05) is 18.7 Å². The van der Waals surface area contributed by atoms with Crippen molar-refractivity contribution in [1.82, 2.24) is 19.6 Å². The number of halogens is 1. The topological polar surface area (TPSA) is 76.5 Å². The van der Waals surface area contributed by atoms with Crippen LogP contribution in [0.25, 0.3) is 16.8 Å². The van der Waals surface area contributed by atoms with E-state index in [0.717, 1.165) is 23.0 Å². The third-order valence-corrected chi connectivity index (χ3v) is 4.18. The molecule has 0 bridgehead atoms. The second kappa shape index (κ2) is 5.37. The molecule has 3 heterocycles. The Morgan fingerprint density at radius 1 is 1.12 bits per heavy atom. The lowest BCUT2D eigenvalue weighted by atomic mass is 10.1. The van der Waals surface area contributed by atoms with Gasteiger partial charge in [-0.25, -0.2) is 13.9 Å². The second-order valence-electron chi connectivity index (χ2n) is 5.82. The fraction of sp³-hybridized carbons (Fsp3) is 0.176. The predicted octanol–water partition coefficient (Wildman–Crippen LogP) is 2.73. The average molecular weight is 339 g/mol. The summed E-state index contributed by atoms with van der Waals surface area (Å²) in [6.07, 6.45) is 0.767. The molecule has 0 spiro atoms. The second-order valence-corrected chi connectivity index (χ2v) is 5.82. The third kappa shape index (κ3) is 2.42. The summed E-state index contributed by atoms with van der Waals surface area (Å²) in [6, 6.07) is 10.2.